The van der Waals surface area contributed by atoms with Gasteiger partial charge >= 0.3 is 0 Å². The van der Waals surface area contributed by atoms with Crippen molar-refractivity contribution in [2.24, 2.45) is 0 Å². The molecule has 2 heterocycles. The summed E-state index contributed by atoms with van der Waals surface area (Å²) in [5, 5.41) is 17.5. The van der Waals surface area contributed by atoms with Crippen molar-refractivity contribution in [1.29, 1.82) is 0 Å². The Bertz CT molecular complexity index is 1520. The Kier molecular flexibility index (Phi) is 6.99. The van der Waals surface area contributed by atoms with E-state index in [4.69, 9.17) is 33.0 Å². The minimum Gasteiger partial charge on any atom is -0.436 e. The first-order chi connectivity index (χ1) is 17.9. The Morgan fingerprint density at radius 3 is 2.70 bits per heavy atom. The maximum Gasteiger partial charge on any atom is 0.270 e. The predicted molar refractivity (Wildman–Crippen MR) is 144 cm³/mol. The second kappa shape index (κ2) is 10.5. The number of carbonyl (C=O) groups excluding carboxylic acids is 1. The number of nitrogens with zero attached hydrogens (tertiary/aromatic N) is 3. The van der Waals surface area contributed by atoms with Gasteiger partial charge in [-0.05, 0) is 54.7 Å². The van der Waals surface area contributed by atoms with Crippen molar-refractivity contribution in [1.82, 2.24) is 10.3 Å². The molecule has 1 aliphatic rings. The molecular weight excluding hydrogens is 518 g/mol. The second-order valence-corrected chi connectivity index (χ2v) is 9.02. The molecule has 0 unspecified atom stereocenters. The number of morpholine rings is 1. The minimum absolute atomic E-state index is 0.0333. The molecule has 1 amide bonds. The molecule has 0 radical (unpaired) electrons. The van der Waals surface area contributed by atoms with Crippen LogP contribution in [0.4, 0.5) is 17.1 Å². The van der Waals surface area contributed by atoms with E-state index in [0.29, 0.717) is 65.3 Å². The average molecular weight is 538 g/mol. The van der Waals surface area contributed by atoms with Crippen molar-refractivity contribution in [3.63, 3.8) is 0 Å². The Morgan fingerprint density at radius 1 is 1.11 bits per heavy atom. The number of benzene rings is 3. The first-order valence-electron chi connectivity index (χ1n) is 11.3. The van der Waals surface area contributed by atoms with Gasteiger partial charge in [0.25, 0.3) is 11.6 Å². The standard InChI is InChI=1S/C25H20ClN5O5S/c26-16-4-7-22-20(13-16)28-24(36-22)15-2-1-3-17(12-15)27-25(37)29-23(32)19-14-18(31(33)34)5-6-21(19)30-8-10-35-11-9-30/h1-7,12-14H,8-11H2,(H2,27,29,32,37). The Hall–Kier alpha value is -4.06. The summed E-state index contributed by atoms with van der Waals surface area (Å²) in [4.78, 5) is 30.4. The van der Waals surface area contributed by atoms with E-state index in [2.05, 4.69) is 15.6 Å². The maximum atomic E-state index is 13.1. The van der Waals surface area contributed by atoms with Crippen molar-refractivity contribution in [3.8, 4) is 11.5 Å². The van der Waals surface area contributed by atoms with E-state index < -0.39 is 10.8 Å². The fraction of sp³-hybridized carbons (Fsp3) is 0.160. The number of amides is 1. The molecule has 3 aromatic carbocycles. The lowest BCUT2D eigenvalue weighted by atomic mass is 10.1. The molecule has 1 aromatic heterocycles. The van der Waals surface area contributed by atoms with E-state index in [9.17, 15) is 14.9 Å². The van der Waals surface area contributed by atoms with E-state index in [1.807, 2.05) is 11.0 Å². The van der Waals surface area contributed by atoms with E-state index in [-0.39, 0.29) is 16.4 Å². The second-order valence-electron chi connectivity index (χ2n) is 8.18. The van der Waals surface area contributed by atoms with Crippen LogP contribution in [0.2, 0.25) is 5.02 Å². The lowest BCUT2D eigenvalue weighted by Gasteiger charge is -2.30. The Balaban J connectivity index is 1.33. The number of anilines is 2. The Labute approximate surface area is 221 Å². The van der Waals surface area contributed by atoms with Gasteiger partial charge in [-0.2, -0.15) is 0 Å². The van der Waals surface area contributed by atoms with Crippen LogP contribution in [-0.2, 0) is 4.74 Å². The van der Waals surface area contributed by atoms with Crippen LogP contribution >= 0.6 is 23.8 Å². The van der Waals surface area contributed by atoms with Crippen molar-refractivity contribution in [2.45, 2.75) is 0 Å². The number of thiocarbonyl (C=S) groups is 1. The van der Waals surface area contributed by atoms with Gasteiger partial charge in [0.1, 0.15) is 5.52 Å². The molecule has 1 saturated heterocycles. The number of carbonyl (C=O) groups is 1. The lowest BCUT2D eigenvalue weighted by molar-refractivity contribution is -0.384. The molecule has 2 N–H and O–H groups in total. The number of nitro benzene ring substituents is 1. The fourth-order valence-electron chi connectivity index (χ4n) is 3.99. The number of oxazole rings is 1. The molecule has 0 atom stereocenters. The van der Waals surface area contributed by atoms with Crippen molar-refractivity contribution >= 4 is 63.0 Å². The van der Waals surface area contributed by atoms with Gasteiger partial charge in [0, 0.05) is 41.5 Å². The number of rotatable bonds is 5. The highest BCUT2D eigenvalue weighted by molar-refractivity contribution is 7.80. The molecule has 0 saturated carbocycles. The summed E-state index contributed by atoms with van der Waals surface area (Å²) >= 11 is 11.4. The van der Waals surface area contributed by atoms with E-state index in [1.54, 1.807) is 42.5 Å². The fourth-order valence-corrected chi connectivity index (χ4v) is 4.36. The third-order valence-electron chi connectivity index (χ3n) is 5.73. The molecule has 1 fully saturated rings. The largest absolute Gasteiger partial charge is 0.436 e. The highest BCUT2D eigenvalue weighted by Crippen LogP contribution is 2.28. The minimum atomic E-state index is -0.560. The predicted octanol–water partition coefficient (Wildman–Crippen LogP) is 5.02. The van der Waals surface area contributed by atoms with Crippen LogP contribution < -0.4 is 15.5 Å². The van der Waals surface area contributed by atoms with Crippen molar-refractivity contribution < 1.29 is 18.9 Å². The van der Waals surface area contributed by atoms with Crippen LogP contribution in [0.5, 0.6) is 0 Å². The molecule has 12 heteroatoms. The van der Waals surface area contributed by atoms with Gasteiger partial charge in [0.05, 0.1) is 29.4 Å². The molecule has 1 aliphatic heterocycles. The summed E-state index contributed by atoms with van der Waals surface area (Å²) in [5.74, 6) is -0.155. The molecule has 0 bridgehead atoms. The molecular formula is C25H20ClN5O5S. The van der Waals surface area contributed by atoms with Crippen LogP contribution in [0.25, 0.3) is 22.6 Å². The zero-order valence-corrected chi connectivity index (χ0v) is 20.8. The molecule has 37 heavy (non-hydrogen) atoms. The number of halogens is 1. The molecule has 188 valence electrons. The first kappa shape index (κ1) is 24.6. The van der Waals surface area contributed by atoms with Gasteiger partial charge in [-0.1, -0.05) is 17.7 Å². The number of nitro groups is 1. The number of hydrogen-bond acceptors (Lipinski definition) is 8. The summed E-state index contributed by atoms with van der Waals surface area (Å²) in [6.07, 6.45) is 0. The smallest absolute Gasteiger partial charge is 0.270 e. The van der Waals surface area contributed by atoms with Gasteiger partial charge in [0.2, 0.25) is 5.89 Å². The molecule has 5 rings (SSSR count). The summed E-state index contributed by atoms with van der Waals surface area (Å²) in [5.41, 5.74) is 3.07. The van der Waals surface area contributed by atoms with Gasteiger partial charge in [-0.25, -0.2) is 4.98 Å². The molecule has 10 nitrogen and oxygen atoms in total. The van der Waals surface area contributed by atoms with E-state index in [1.165, 1.54) is 12.1 Å². The average Bonchev–Trinajstić information content (AvgIpc) is 3.32. The van der Waals surface area contributed by atoms with Gasteiger partial charge in [0.15, 0.2) is 10.7 Å². The number of non-ortho nitro benzene ring substituents is 1. The number of nitrogens with one attached hydrogen (secondary N) is 2. The SMILES string of the molecule is O=C(NC(=S)Nc1cccc(-c2nc3cc(Cl)ccc3o2)c1)c1cc([N+](=O)[O-])ccc1N1CCOCC1. The van der Waals surface area contributed by atoms with Crippen LogP contribution in [0.15, 0.2) is 65.1 Å². The van der Waals surface area contributed by atoms with Gasteiger partial charge in [-0.3, -0.25) is 20.2 Å². The summed E-state index contributed by atoms with van der Waals surface area (Å²) in [6, 6.07) is 16.6. The summed E-state index contributed by atoms with van der Waals surface area (Å²) < 4.78 is 11.2. The van der Waals surface area contributed by atoms with E-state index in [0.717, 1.165) is 0 Å². The van der Waals surface area contributed by atoms with Gasteiger partial charge < -0.3 is 19.4 Å². The maximum absolute atomic E-state index is 13.1. The lowest BCUT2D eigenvalue weighted by Crippen LogP contribution is -2.39. The monoisotopic (exact) mass is 537 g/mol. The molecule has 0 spiro atoms. The van der Waals surface area contributed by atoms with Crippen molar-refractivity contribution in [3.05, 3.63) is 81.4 Å². The Morgan fingerprint density at radius 2 is 1.92 bits per heavy atom. The highest BCUT2D eigenvalue weighted by Gasteiger charge is 2.23. The summed E-state index contributed by atoms with van der Waals surface area (Å²) in [7, 11) is 0. The molecule has 4 aromatic rings. The number of hydrogen-bond donors (Lipinski definition) is 2. The molecule has 0 aliphatic carbocycles. The van der Waals surface area contributed by atoms with Crippen LogP contribution in [-0.4, -0.2) is 47.2 Å². The topological polar surface area (TPSA) is 123 Å². The highest BCUT2D eigenvalue weighted by atomic mass is 35.5. The van der Waals surface area contributed by atoms with E-state index >= 15 is 0 Å². The van der Waals surface area contributed by atoms with Crippen LogP contribution in [0, 0.1) is 10.1 Å². The van der Waals surface area contributed by atoms with Crippen LogP contribution in [0.1, 0.15) is 10.4 Å². The first-order valence-corrected chi connectivity index (χ1v) is 12.1. The van der Waals surface area contributed by atoms with Crippen molar-refractivity contribution in [2.75, 3.05) is 36.5 Å². The summed E-state index contributed by atoms with van der Waals surface area (Å²) in [6.45, 7) is 2.13. The normalized spacial score (nSPS) is 13.4. The zero-order valence-electron chi connectivity index (χ0n) is 19.3. The number of fused-ring (bicyclic) bond motifs is 1. The number of ether oxygens (including phenoxy) is 1. The van der Waals surface area contributed by atoms with Gasteiger partial charge in [-0.15, -0.1) is 0 Å². The third-order valence-corrected chi connectivity index (χ3v) is 6.17. The van der Waals surface area contributed by atoms with Crippen LogP contribution in [0.3, 0.4) is 0 Å². The third kappa shape index (κ3) is 5.53. The number of aromatic nitrogens is 1. The quantitative estimate of drug-likeness (QED) is 0.205. The zero-order chi connectivity index (χ0) is 25.9.